The molecule has 0 aliphatic rings. The number of carbonyl (C=O) groups excluding carboxylic acids is 1. The third-order valence-corrected chi connectivity index (χ3v) is 4.26. The van der Waals surface area contributed by atoms with Gasteiger partial charge in [0.05, 0.1) is 28.2 Å². The van der Waals surface area contributed by atoms with Gasteiger partial charge in [-0.25, -0.2) is 4.79 Å². The Kier molecular flexibility index (Phi) is 3.57. The Balaban J connectivity index is 1.63. The number of imidazole rings is 1. The molecule has 0 aliphatic carbocycles. The molecular formula is C19H16N4O2. The highest BCUT2D eigenvalue weighted by molar-refractivity contribution is 6.05. The topological polar surface area (TPSA) is 90.6 Å². The SMILES string of the molecule is CC(NC(=O)c1cccc2cccnc12)c1ccc2[nH]c(=O)[nH]c2c1. The van der Waals surface area contributed by atoms with Gasteiger partial charge in [-0.2, -0.15) is 0 Å². The standard InChI is InChI=1S/C19H16N4O2/c1-11(13-7-8-15-16(10-13)23-19(25)22-15)21-18(24)14-6-2-4-12-5-3-9-20-17(12)14/h2-11H,1H3,(H,21,24)(H2,22,23,25). The van der Waals surface area contributed by atoms with Crippen LogP contribution in [0.25, 0.3) is 21.9 Å². The summed E-state index contributed by atoms with van der Waals surface area (Å²) in [7, 11) is 0. The molecule has 0 radical (unpaired) electrons. The fraction of sp³-hybridized carbons (Fsp3) is 0.105. The third kappa shape index (κ3) is 2.78. The maximum Gasteiger partial charge on any atom is 0.323 e. The van der Waals surface area contributed by atoms with Crippen LogP contribution >= 0.6 is 0 Å². The molecule has 6 nitrogen and oxygen atoms in total. The molecule has 4 aromatic rings. The lowest BCUT2D eigenvalue weighted by atomic mass is 10.1. The maximum absolute atomic E-state index is 12.7. The number of hydrogen-bond donors (Lipinski definition) is 3. The Hall–Kier alpha value is -3.41. The molecular weight excluding hydrogens is 316 g/mol. The van der Waals surface area contributed by atoms with E-state index in [4.69, 9.17) is 0 Å². The summed E-state index contributed by atoms with van der Waals surface area (Å²) in [4.78, 5) is 33.8. The van der Waals surface area contributed by atoms with E-state index in [9.17, 15) is 9.59 Å². The summed E-state index contributed by atoms with van der Waals surface area (Å²) in [6.45, 7) is 1.91. The molecule has 0 spiro atoms. The average Bonchev–Trinajstić information content (AvgIpc) is 3.00. The van der Waals surface area contributed by atoms with Crippen LogP contribution in [0.5, 0.6) is 0 Å². The van der Waals surface area contributed by atoms with Crippen LogP contribution in [0.15, 0.2) is 59.5 Å². The summed E-state index contributed by atoms with van der Waals surface area (Å²) in [6.07, 6.45) is 1.68. The number of benzene rings is 2. The van der Waals surface area contributed by atoms with Crippen molar-refractivity contribution in [3.63, 3.8) is 0 Å². The van der Waals surface area contributed by atoms with Crippen LogP contribution in [0, 0.1) is 0 Å². The summed E-state index contributed by atoms with van der Waals surface area (Å²) in [5.74, 6) is -0.181. The zero-order chi connectivity index (χ0) is 17.4. The molecule has 0 saturated carbocycles. The van der Waals surface area contributed by atoms with Crippen molar-refractivity contribution in [3.05, 3.63) is 76.3 Å². The predicted molar refractivity (Wildman–Crippen MR) is 96.5 cm³/mol. The van der Waals surface area contributed by atoms with E-state index in [0.29, 0.717) is 11.1 Å². The highest BCUT2D eigenvalue weighted by atomic mass is 16.2. The lowest BCUT2D eigenvalue weighted by Crippen LogP contribution is -2.27. The Bertz CT molecular complexity index is 1140. The lowest BCUT2D eigenvalue weighted by Gasteiger charge is -2.15. The smallest absolute Gasteiger partial charge is 0.323 e. The van der Waals surface area contributed by atoms with Gasteiger partial charge in [0.25, 0.3) is 5.91 Å². The average molecular weight is 332 g/mol. The fourth-order valence-corrected chi connectivity index (χ4v) is 2.96. The quantitative estimate of drug-likeness (QED) is 0.539. The second-order valence-corrected chi connectivity index (χ2v) is 5.96. The summed E-state index contributed by atoms with van der Waals surface area (Å²) in [6, 6.07) is 14.7. The van der Waals surface area contributed by atoms with E-state index >= 15 is 0 Å². The van der Waals surface area contributed by atoms with Gasteiger partial charge in [-0.3, -0.25) is 9.78 Å². The van der Waals surface area contributed by atoms with Crippen molar-refractivity contribution in [2.75, 3.05) is 0 Å². The summed E-state index contributed by atoms with van der Waals surface area (Å²) in [5.41, 5.74) is 3.34. The monoisotopic (exact) mass is 332 g/mol. The minimum Gasteiger partial charge on any atom is -0.345 e. The highest BCUT2D eigenvalue weighted by Gasteiger charge is 2.15. The van der Waals surface area contributed by atoms with Crippen molar-refractivity contribution in [2.24, 2.45) is 0 Å². The minimum atomic E-state index is -0.245. The number of nitrogens with zero attached hydrogens (tertiary/aromatic N) is 1. The minimum absolute atomic E-state index is 0.181. The van der Waals surface area contributed by atoms with Crippen molar-refractivity contribution in [3.8, 4) is 0 Å². The number of hydrogen-bond acceptors (Lipinski definition) is 3. The molecule has 2 heterocycles. The summed E-state index contributed by atoms with van der Waals surface area (Å²) < 4.78 is 0. The van der Waals surface area contributed by atoms with Crippen LogP contribution in [0.2, 0.25) is 0 Å². The lowest BCUT2D eigenvalue weighted by molar-refractivity contribution is 0.0941. The van der Waals surface area contributed by atoms with E-state index in [2.05, 4.69) is 20.3 Å². The van der Waals surface area contributed by atoms with Crippen molar-refractivity contribution in [1.29, 1.82) is 0 Å². The van der Waals surface area contributed by atoms with Crippen LogP contribution in [0.1, 0.15) is 28.9 Å². The molecule has 124 valence electrons. The molecule has 25 heavy (non-hydrogen) atoms. The molecule has 0 aliphatic heterocycles. The van der Waals surface area contributed by atoms with E-state index < -0.39 is 0 Å². The number of fused-ring (bicyclic) bond motifs is 2. The Morgan fingerprint density at radius 1 is 1.08 bits per heavy atom. The highest BCUT2D eigenvalue weighted by Crippen LogP contribution is 2.20. The summed E-state index contributed by atoms with van der Waals surface area (Å²) in [5, 5.41) is 3.92. The van der Waals surface area contributed by atoms with Crippen molar-refractivity contribution < 1.29 is 4.79 Å². The van der Waals surface area contributed by atoms with Crippen LogP contribution in [-0.2, 0) is 0 Å². The number of para-hydroxylation sites is 1. The van der Waals surface area contributed by atoms with Crippen LogP contribution in [0.3, 0.4) is 0 Å². The van der Waals surface area contributed by atoms with Gasteiger partial charge < -0.3 is 15.3 Å². The number of aromatic nitrogens is 3. The summed E-state index contributed by atoms with van der Waals surface area (Å²) >= 11 is 0. The molecule has 4 rings (SSSR count). The molecule has 1 atom stereocenters. The number of H-pyrrole nitrogens is 2. The molecule has 0 saturated heterocycles. The third-order valence-electron chi connectivity index (χ3n) is 4.26. The first-order valence-electron chi connectivity index (χ1n) is 7.98. The predicted octanol–water partition coefficient (Wildman–Crippen LogP) is 2.90. The normalized spacial score (nSPS) is 12.4. The van der Waals surface area contributed by atoms with Crippen molar-refractivity contribution >= 4 is 27.8 Å². The Labute approximate surface area is 142 Å². The van der Waals surface area contributed by atoms with Gasteiger partial charge in [0.2, 0.25) is 0 Å². The second kappa shape index (κ2) is 5.90. The van der Waals surface area contributed by atoms with Crippen molar-refractivity contribution in [2.45, 2.75) is 13.0 Å². The number of amides is 1. The molecule has 0 fully saturated rings. The first-order chi connectivity index (χ1) is 12.1. The van der Waals surface area contributed by atoms with E-state index in [1.54, 1.807) is 12.3 Å². The van der Waals surface area contributed by atoms with Crippen LogP contribution < -0.4 is 11.0 Å². The fourth-order valence-electron chi connectivity index (χ4n) is 2.96. The number of nitrogens with one attached hydrogen (secondary N) is 3. The molecule has 0 bridgehead atoms. The van der Waals surface area contributed by atoms with Gasteiger partial charge in [0.1, 0.15) is 0 Å². The first kappa shape index (κ1) is 15.1. The van der Waals surface area contributed by atoms with Crippen molar-refractivity contribution in [1.82, 2.24) is 20.3 Å². The van der Waals surface area contributed by atoms with E-state index in [1.807, 2.05) is 49.4 Å². The molecule has 3 N–H and O–H groups in total. The molecule has 2 aromatic heterocycles. The Morgan fingerprint density at radius 2 is 1.88 bits per heavy atom. The van der Waals surface area contributed by atoms with Gasteiger partial charge in [-0.05, 0) is 36.8 Å². The van der Waals surface area contributed by atoms with Gasteiger partial charge in [-0.1, -0.05) is 24.3 Å². The van der Waals surface area contributed by atoms with E-state index in [1.165, 1.54) is 0 Å². The number of aromatic amines is 2. The zero-order valence-corrected chi connectivity index (χ0v) is 13.5. The van der Waals surface area contributed by atoms with Gasteiger partial charge in [-0.15, -0.1) is 0 Å². The van der Waals surface area contributed by atoms with Gasteiger partial charge in [0.15, 0.2) is 0 Å². The van der Waals surface area contributed by atoms with Crippen LogP contribution in [0.4, 0.5) is 0 Å². The molecule has 1 unspecified atom stereocenters. The maximum atomic E-state index is 12.7. The van der Waals surface area contributed by atoms with Gasteiger partial charge in [0, 0.05) is 11.6 Å². The first-order valence-corrected chi connectivity index (χ1v) is 7.98. The molecule has 1 amide bonds. The van der Waals surface area contributed by atoms with Crippen LogP contribution in [-0.4, -0.2) is 20.9 Å². The number of rotatable bonds is 3. The van der Waals surface area contributed by atoms with E-state index in [0.717, 1.165) is 22.0 Å². The number of carbonyl (C=O) groups is 1. The second-order valence-electron chi connectivity index (χ2n) is 5.96. The number of pyridine rings is 1. The zero-order valence-electron chi connectivity index (χ0n) is 13.5. The Morgan fingerprint density at radius 3 is 2.76 bits per heavy atom. The molecule has 6 heteroatoms. The molecule has 2 aromatic carbocycles. The largest absolute Gasteiger partial charge is 0.345 e. The van der Waals surface area contributed by atoms with E-state index in [-0.39, 0.29) is 17.6 Å². The van der Waals surface area contributed by atoms with Gasteiger partial charge >= 0.3 is 5.69 Å².